The summed E-state index contributed by atoms with van der Waals surface area (Å²) in [4.78, 5) is 0. The number of aliphatic hydroxyl groups excluding tert-OH is 2. The smallest absolute Gasteiger partial charge is 0.141 e. The first kappa shape index (κ1) is 21.5. The number of rotatable bonds is 8. The summed E-state index contributed by atoms with van der Waals surface area (Å²) in [6.45, 7) is 3.58. The molecule has 0 saturated heterocycles. The minimum absolute atomic E-state index is 0.0798. The number of aliphatic hydroxyl groups is 2. The molecule has 3 rings (SSSR count). The number of anilines is 2. The highest BCUT2D eigenvalue weighted by Crippen LogP contribution is 2.37. The molecule has 6 nitrogen and oxygen atoms in total. The highest BCUT2D eigenvalue weighted by Gasteiger charge is 2.20. The number of hydrogen-bond acceptors (Lipinski definition) is 6. The van der Waals surface area contributed by atoms with Gasteiger partial charge in [-0.25, -0.2) is 0 Å². The maximum absolute atomic E-state index is 10.5. The minimum Gasteiger partial charge on any atom is -0.506 e. The highest BCUT2D eigenvalue weighted by atomic mass is 16.3. The van der Waals surface area contributed by atoms with Gasteiger partial charge in [-0.1, -0.05) is 60.7 Å². The summed E-state index contributed by atoms with van der Waals surface area (Å²) < 4.78 is 0. The van der Waals surface area contributed by atoms with Gasteiger partial charge < -0.3 is 31.1 Å². The van der Waals surface area contributed by atoms with Crippen LogP contribution in [0.2, 0.25) is 0 Å². The predicted octanol–water partition coefficient (Wildman–Crippen LogP) is 4.17. The van der Waals surface area contributed by atoms with Gasteiger partial charge in [0.15, 0.2) is 0 Å². The lowest BCUT2D eigenvalue weighted by Gasteiger charge is -2.24. The molecular weight excluding hydrogens is 380 g/mol. The molecule has 0 saturated carbocycles. The number of benzene rings is 3. The van der Waals surface area contributed by atoms with Crippen LogP contribution in [0.1, 0.15) is 37.2 Å². The Morgan fingerprint density at radius 1 is 0.600 bits per heavy atom. The summed E-state index contributed by atoms with van der Waals surface area (Å²) in [5.74, 6) is -0.160. The summed E-state index contributed by atoms with van der Waals surface area (Å²) in [6, 6.07) is 20.4. The Hall–Kier alpha value is -3.22. The zero-order valence-electron chi connectivity index (χ0n) is 17.0. The molecule has 6 N–H and O–H groups in total. The quantitative estimate of drug-likeness (QED) is 0.247. The van der Waals surface area contributed by atoms with Gasteiger partial charge in [0.1, 0.15) is 11.5 Å². The van der Waals surface area contributed by atoms with Crippen LogP contribution in [0.5, 0.6) is 11.5 Å². The number of nitrogens with one attached hydrogen (secondary N) is 2. The van der Waals surface area contributed by atoms with Crippen LogP contribution in [-0.2, 0) is 0 Å². The minimum atomic E-state index is -0.786. The first-order valence-electron chi connectivity index (χ1n) is 9.92. The third-order valence-electron chi connectivity index (χ3n) is 5.11. The van der Waals surface area contributed by atoms with Crippen LogP contribution in [0.15, 0.2) is 72.8 Å². The van der Waals surface area contributed by atoms with Crippen LogP contribution < -0.4 is 10.6 Å². The Bertz CT molecular complexity index is 871. The van der Waals surface area contributed by atoms with Gasteiger partial charge in [0.05, 0.1) is 35.7 Å². The topological polar surface area (TPSA) is 105 Å². The molecule has 0 aliphatic rings. The Balaban J connectivity index is 1.70. The van der Waals surface area contributed by atoms with Crippen LogP contribution in [0.3, 0.4) is 0 Å². The molecule has 4 atom stereocenters. The molecule has 3 aromatic rings. The van der Waals surface area contributed by atoms with E-state index in [2.05, 4.69) is 10.6 Å². The summed E-state index contributed by atoms with van der Waals surface area (Å²) in [6.07, 6.45) is -1.57. The first-order valence-corrected chi connectivity index (χ1v) is 9.92. The summed E-state index contributed by atoms with van der Waals surface area (Å²) in [5.41, 5.74) is 2.11. The molecule has 0 aliphatic carbocycles. The van der Waals surface area contributed by atoms with Gasteiger partial charge in [0.25, 0.3) is 0 Å². The normalized spacial score (nSPS) is 15.1. The summed E-state index contributed by atoms with van der Waals surface area (Å²) >= 11 is 0. The third kappa shape index (κ3) is 5.03. The first-order chi connectivity index (χ1) is 14.4. The van der Waals surface area contributed by atoms with Crippen molar-refractivity contribution >= 4 is 11.4 Å². The Morgan fingerprint density at radius 2 is 0.933 bits per heavy atom. The molecule has 0 heterocycles. The number of phenols is 2. The number of phenolic OH excluding ortho intramolecular Hbond substituents is 2. The maximum Gasteiger partial charge on any atom is 0.141 e. The number of aromatic hydroxyl groups is 2. The molecule has 0 aromatic heterocycles. The van der Waals surface area contributed by atoms with Gasteiger partial charge in [0.2, 0.25) is 0 Å². The Kier molecular flexibility index (Phi) is 6.82. The van der Waals surface area contributed by atoms with Crippen molar-refractivity contribution in [2.45, 2.75) is 38.1 Å². The van der Waals surface area contributed by atoms with E-state index in [4.69, 9.17) is 0 Å². The molecule has 0 fully saturated rings. The molecule has 4 unspecified atom stereocenters. The zero-order chi connectivity index (χ0) is 21.7. The van der Waals surface area contributed by atoms with Crippen molar-refractivity contribution in [1.29, 1.82) is 0 Å². The lowest BCUT2D eigenvalue weighted by molar-refractivity contribution is 0.160. The molecule has 0 amide bonds. The van der Waals surface area contributed by atoms with E-state index in [9.17, 15) is 20.4 Å². The van der Waals surface area contributed by atoms with Gasteiger partial charge >= 0.3 is 0 Å². The van der Waals surface area contributed by atoms with Crippen molar-refractivity contribution in [3.63, 3.8) is 0 Å². The van der Waals surface area contributed by atoms with Crippen LogP contribution in [-0.4, -0.2) is 32.5 Å². The zero-order valence-corrected chi connectivity index (χ0v) is 17.0. The lowest BCUT2D eigenvalue weighted by atomic mass is 10.0. The van der Waals surface area contributed by atoms with Gasteiger partial charge in [-0.05, 0) is 25.0 Å². The fourth-order valence-electron chi connectivity index (χ4n) is 3.33. The van der Waals surface area contributed by atoms with Gasteiger partial charge in [0, 0.05) is 12.1 Å². The van der Waals surface area contributed by atoms with E-state index >= 15 is 0 Å². The second-order valence-electron chi connectivity index (χ2n) is 7.46. The van der Waals surface area contributed by atoms with E-state index in [0.29, 0.717) is 11.4 Å². The van der Waals surface area contributed by atoms with Crippen molar-refractivity contribution in [1.82, 2.24) is 0 Å². The molecule has 0 aliphatic heterocycles. The lowest BCUT2D eigenvalue weighted by Crippen LogP contribution is -2.25. The van der Waals surface area contributed by atoms with Crippen LogP contribution in [0.4, 0.5) is 11.4 Å². The second-order valence-corrected chi connectivity index (χ2v) is 7.46. The largest absolute Gasteiger partial charge is 0.506 e. The molecule has 158 valence electrons. The van der Waals surface area contributed by atoms with E-state index in [-0.39, 0.29) is 11.5 Å². The van der Waals surface area contributed by atoms with Crippen LogP contribution >= 0.6 is 0 Å². The Labute approximate surface area is 176 Å². The highest BCUT2D eigenvalue weighted by molar-refractivity contribution is 5.70. The fraction of sp³-hybridized carbons (Fsp3) is 0.250. The van der Waals surface area contributed by atoms with Gasteiger partial charge in [-0.3, -0.25) is 0 Å². The molecular formula is C24H28N2O4. The van der Waals surface area contributed by atoms with Crippen molar-refractivity contribution in [2.75, 3.05) is 10.6 Å². The average molecular weight is 408 g/mol. The van der Waals surface area contributed by atoms with Crippen LogP contribution in [0, 0.1) is 0 Å². The van der Waals surface area contributed by atoms with E-state index in [1.54, 1.807) is 13.8 Å². The summed E-state index contributed by atoms with van der Waals surface area (Å²) in [7, 11) is 0. The fourth-order valence-corrected chi connectivity index (χ4v) is 3.33. The van der Waals surface area contributed by atoms with Crippen molar-refractivity contribution in [3.05, 3.63) is 83.9 Å². The molecule has 0 radical (unpaired) electrons. The SMILES string of the molecule is CC(Nc1cc(O)c(NC(C)C(O)c2ccccc2)cc1O)C(O)c1ccccc1. The van der Waals surface area contributed by atoms with Gasteiger partial charge in [-0.2, -0.15) is 0 Å². The molecule has 0 bridgehead atoms. The molecule has 6 heteroatoms. The van der Waals surface area contributed by atoms with Crippen molar-refractivity contribution in [3.8, 4) is 11.5 Å². The van der Waals surface area contributed by atoms with E-state index in [1.165, 1.54) is 12.1 Å². The van der Waals surface area contributed by atoms with E-state index < -0.39 is 24.3 Å². The predicted molar refractivity (Wildman–Crippen MR) is 119 cm³/mol. The maximum atomic E-state index is 10.5. The van der Waals surface area contributed by atoms with E-state index in [0.717, 1.165) is 11.1 Å². The number of hydrogen-bond donors (Lipinski definition) is 6. The van der Waals surface area contributed by atoms with Gasteiger partial charge in [-0.15, -0.1) is 0 Å². The van der Waals surface area contributed by atoms with Crippen molar-refractivity contribution < 1.29 is 20.4 Å². The monoisotopic (exact) mass is 408 g/mol. The second kappa shape index (κ2) is 9.52. The molecule has 30 heavy (non-hydrogen) atoms. The molecule has 3 aromatic carbocycles. The average Bonchev–Trinajstić information content (AvgIpc) is 2.77. The van der Waals surface area contributed by atoms with Crippen molar-refractivity contribution in [2.24, 2.45) is 0 Å². The summed E-state index contributed by atoms with van der Waals surface area (Å²) in [5, 5.41) is 48.0. The van der Waals surface area contributed by atoms with Crippen LogP contribution in [0.25, 0.3) is 0 Å². The molecule has 0 spiro atoms. The Morgan fingerprint density at radius 3 is 1.27 bits per heavy atom. The standard InChI is InChI=1S/C24H28N2O4/c1-15(23(29)17-9-5-3-6-10-17)25-19-13-22(28)20(14-21(19)27)26-16(2)24(30)18-11-7-4-8-12-18/h3-16,23-30H,1-2H3. The van der Waals surface area contributed by atoms with E-state index in [1.807, 2.05) is 60.7 Å². The third-order valence-corrected chi connectivity index (χ3v) is 5.11.